The molecule has 1 fully saturated rings. The van der Waals surface area contributed by atoms with Crippen molar-refractivity contribution in [1.82, 2.24) is 4.90 Å². The Morgan fingerprint density at radius 2 is 2.00 bits per heavy atom. The number of aliphatic carboxylic acids is 1. The summed E-state index contributed by atoms with van der Waals surface area (Å²) < 4.78 is 0. The van der Waals surface area contributed by atoms with Crippen molar-refractivity contribution in [3.05, 3.63) is 35.9 Å². The lowest BCUT2D eigenvalue weighted by atomic mass is 9.92. The molecule has 1 saturated heterocycles. The smallest absolute Gasteiger partial charge is 0.327 e. The number of carboxylic acids is 1. The minimum absolute atomic E-state index is 0.110. The molecule has 0 saturated carbocycles. The number of carbonyl (C=O) groups excluding carboxylic acids is 1. The van der Waals surface area contributed by atoms with Crippen LogP contribution in [0.2, 0.25) is 0 Å². The number of amides is 1. The number of hydrogen-bond acceptors (Lipinski definition) is 2. The van der Waals surface area contributed by atoms with Crippen LogP contribution in [0.4, 0.5) is 0 Å². The van der Waals surface area contributed by atoms with Crippen LogP contribution >= 0.6 is 0 Å². The molecule has 84 valence electrons. The quantitative estimate of drug-likeness (QED) is 0.809. The SMILES string of the molecule is CN1C(=O)C[C@H](c2ccccc2)[C@H]1C(=O)O. The largest absolute Gasteiger partial charge is 0.480 e. The summed E-state index contributed by atoms with van der Waals surface area (Å²) in [6.45, 7) is 0. The summed E-state index contributed by atoms with van der Waals surface area (Å²) >= 11 is 0. The van der Waals surface area contributed by atoms with E-state index in [9.17, 15) is 9.59 Å². The van der Waals surface area contributed by atoms with Gasteiger partial charge < -0.3 is 10.0 Å². The van der Waals surface area contributed by atoms with E-state index in [1.54, 1.807) is 7.05 Å². The van der Waals surface area contributed by atoms with E-state index in [2.05, 4.69) is 0 Å². The van der Waals surface area contributed by atoms with Crippen molar-refractivity contribution in [2.75, 3.05) is 7.05 Å². The summed E-state index contributed by atoms with van der Waals surface area (Å²) in [7, 11) is 1.55. The molecular formula is C12H13NO3. The summed E-state index contributed by atoms with van der Waals surface area (Å²) in [4.78, 5) is 24.0. The number of nitrogens with zero attached hydrogens (tertiary/aromatic N) is 1. The second kappa shape index (κ2) is 3.96. The molecule has 1 amide bonds. The molecule has 0 bridgehead atoms. The van der Waals surface area contributed by atoms with Crippen LogP contribution in [0.25, 0.3) is 0 Å². The van der Waals surface area contributed by atoms with Crippen LogP contribution in [0, 0.1) is 0 Å². The molecule has 1 aromatic rings. The number of likely N-dealkylation sites (tertiary alicyclic amines) is 1. The van der Waals surface area contributed by atoms with Gasteiger partial charge in [-0.3, -0.25) is 4.79 Å². The molecular weight excluding hydrogens is 206 g/mol. The van der Waals surface area contributed by atoms with E-state index in [0.29, 0.717) is 0 Å². The predicted molar refractivity (Wildman–Crippen MR) is 58.0 cm³/mol. The number of hydrogen-bond donors (Lipinski definition) is 1. The highest BCUT2D eigenvalue weighted by Gasteiger charge is 2.42. The van der Waals surface area contributed by atoms with E-state index < -0.39 is 12.0 Å². The molecule has 1 aliphatic rings. The van der Waals surface area contributed by atoms with Crippen molar-refractivity contribution in [3.63, 3.8) is 0 Å². The predicted octanol–water partition coefficient (Wildman–Crippen LogP) is 1.09. The van der Waals surface area contributed by atoms with Crippen LogP contribution in [0.5, 0.6) is 0 Å². The van der Waals surface area contributed by atoms with Crippen molar-refractivity contribution >= 4 is 11.9 Å². The second-order valence-electron chi connectivity index (χ2n) is 4.01. The Hall–Kier alpha value is -1.84. The van der Waals surface area contributed by atoms with Gasteiger partial charge in [0.2, 0.25) is 5.91 Å². The van der Waals surface area contributed by atoms with Gasteiger partial charge in [0.05, 0.1) is 0 Å². The molecule has 16 heavy (non-hydrogen) atoms. The number of benzene rings is 1. The minimum atomic E-state index is -0.942. The molecule has 0 radical (unpaired) electrons. The Kier molecular flexibility index (Phi) is 2.64. The highest BCUT2D eigenvalue weighted by Crippen LogP contribution is 2.33. The third-order valence-electron chi connectivity index (χ3n) is 3.07. The standard InChI is InChI=1S/C12H13NO3/c1-13-10(14)7-9(11(13)12(15)16)8-5-3-2-4-6-8/h2-6,9,11H,7H2,1H3,(H,15,16)/t9-,11+/m1/s1. The first-order chi connectivity index (χ1) is 7.61. The van der Waals surface area contributed by atoms with E-state index >= 15 is 0 Å². The van der Waals surface area contributed by atoms with E-state index in [1.165, 1.54) is 4.90 Å². The molecule has 4 nitrogen and oxygen atoms in total. The highest BCUT2D eigenvalue weighted by molar-refractivity contribution is 5.89. The average Bonchev–Trinajstić information content (AvgIpc) is 2.57. The molecule has 4 heteroatoms. The van der Waals surface area contributed by atoms with Gasteiger partial charge in [0.15, 0.2) is 0 Å². The van der Waals surface area contributed by atoms with Gasteiger partial charge in [-0.25, -0.2) is 4.79 Å². The van der Waals surface area contributed by atoms with E-state index in [1.807, 2.05) is 30.3 Å². The molecule has 1 aromatic carbocycles. The van der Waals surface area contributed by atoms with Gasteiger partial charge in [-0.05, 0) is 5.56 Å². The fourth-order valence-corrected chi connectivity index (χ4v) is 2.21. The molecule has 0 aromatic heterocycles. The Bertz CT molecular complexity index is 416. The first kappa shape index (κ1) is 10.7. The van der Waals surface area contributed by atoms with Crippen molar-refractivity contribution in [3.8, 4) is 0 Å². The van der Waals surface area contributed by atoms with Gasteiger partial charge in [0.25, 0.3) is 0 Å². The maximum Gasteiger partial charge on any atom is 0.327 e. The molecule has 1 N–H and O–H groups in total. The highest BCUT2D eigenvalue weighted by atomic mass is 16.4. The Morgan fingerprint density at radius 3 is 2.56 bits per heavy atom. The maximum atomic E-state index is 11.5. The van der Waals surface area contributed by atoms with Crippen LogP contribution < -0.4 is 0 Å². The fraction of sp³-hybridized carbons (Fsp3) is 0.333. The number of carbonyl (C=O) groups is 2. The Morgan fingerprint density at radius 1 is 1.38 bits per heavy atom. The van der Waals surface area contributed by atoms with Crippen molar-refractivity contribution in [2.24, 2.45) is 0 Å². The summed E-state index contributed by atoms with van der Waals surface area (Å²) in [5, 5.41) is 9.14. The number of rotatable bonds is 2. The van der Waals surface area contributed by atoms with Gasteiger partial charge in [0, 0.05) is 19.4 Å². The van der Waals surface area contributed by atoms with Gasteiger partial charge in [-0.1, -0.05) is 30.3 Å². The Labute approximate surface area is 93.5 Å². The molecule has 0 aliphatic carbocycles. The van der Waals surface area contributed by atoms with Crippen LogP contribution in [0.15, 0.2) is 30.3 Å². The molecule has 2 atom stereocenters. The Balaban J connectivity index is 2.34. The third kappa shape index (κ3) is 1.66. The summed E-state index contributed by atoms with van der Waals surface area (Å²) in [5.41, 5.74) is 0.910. The zero-order valence-electron chi connectivity index (χ0n) is 8.96. The van der Waals surface area contributed by atoms with E-state index in [4.69, 9.17) is 5.11 Å². The molecule has 0 spiro atoms. The zero-order chi connectivity index (χ0) is 11.7. The molecule has 2 rings (SSSR count). The summed E-state index contributed by atoms with van der Waals surface area (Å²) in [6, 6.07) is 8.59. The van der Waals surface area contributed by atoms with E-state index in [-0.39, 0.29) is 18.2 Å². The molecule has 1 aliphatic heterocycles. The number of likely N-dealkylation sites (N-methyl/N-ethyl adjacent to an activating group) is 1. The molecule has 1 heterocycles. The first-order valence-corrected chi connectivity index (χ1v) is 5.14. The van der Waals surface area contributed by atoms with Gasteiger partial charge in [-0.2, -0.15) is 0 Å². The maximum absolute atomic E-state index is 11.5. The first-order valence-electron chi connectivity index (χ1n) is 5.14. The van der Waals surface area contributed by atoms with Gasteiger partial charge in [-0.15, -0.1) is 0 Å². The topological polar surface area (TPSA) is 57.6 Å². The van der Waals surface area contributed by atoms with Crippen LogP contribution in [-0.4, -0.2) is 35.0 Å². The number of carboxylic acid groups (broad SMARTS) is 1. The fourth-order valence-electron chi connectivity index (χ4n) is 2.21. The lowest BCUT2D eigenvalue weighted by Crippen LogP contribution is -2.37. The van der Waals surface area contributed by atoms with Crippen LogP contribution in [-0.2, 0) is 9.59 Å². The monoisotopic (exact) mass is 219 g/mol. The lowest BCUT2D eigenvalue weighted by Gasteiger charge is -2.20. The van der Waals surface area contributed by atoms with E-state index in [0.717, 1.165) is 5.56 Å². The summed E-state index contributed by atoms with van der Waals surface area (Å²) in [6.07, 6.45) is 0.275. The zero-order valence-corrected chi connectivity index (χ0v) is 8.96. The normalized spacial score (nSPS) is 24.8. The van der Waals surface area contributed by atoms with Crippen LogP contribution in [0.3, 0.4) is 0 Å². The van der Waals surface area contributed by atoms with Crippen molar-refractivity contribution < 1.29 is 14.7 Å². The minimum Gasteiger partial charge on any atom is -0.480 e. The summed E-state index contributed by atoms with van der Waals surface area (Å²) in [5.74, 6) is -1.29. The molecule has 0 unspecified atom stereocenters. The van der Waals surface area contributed by atoms with Gasteiger partial charge >= 0.3 is 5.97 Å². The second-order valence-corrected chi connectivity index (χ2v) is 4.01. The van der Waals surface area contributed by atoms with Gasteiger partial charge in [0.1, 0.15) is 6.04 Å². The average molecular weight is 219 g/mol. The lowest BCUT2D eigenvalue weighted by molar-refractivity contribution is -0.145. The van der Waals surface area contributed by atoms with Crippen LogP contribution in [0.1, 0.15) is 17.9 Å². The third-order valence-corrected chi connectivity index (χ3v) is 3.07. The van der Waals surface area contributed by atoms with Crippen molar-refractivity contribution in [1.29, 1.82) is 0 Å². The van der Waals surface area contributed by atoms with Crippen molar-refractivity contribution in [2.45, 2.75) is 18.4 Å².